The highest BCUT2D eigenvalue weighted by molar-refractivity contribution is 5.94. The lowest BCUT2D eigenvalue weighted by Gasteiger charge is -2.36. The van der Waals surface area contributed by atoms with Crippen molar-refractivity contribution in [2.45, 2.75) is 63.7 Å². The summed E-state index contributed by atoms with van der Waals surface area (Å²) in [6.45, 7) is 1.05. The number of ether oxygens (including phenoxy) is 1. The number of hydrogen-bond acceptors (Lipinski definition) is 3. The molecular formula is C24H23F6N3O. The number of benzene rings is 1. The van der Waals surface area contributed by atoms with E-state index in [1.54, 1.807) is 16.7 Å². The van der Waals surface area contributed by atoms with Crippen molar-refractivity contribution >= 4 is 16.6 Å². The highest BCUT2D eigenvalue weighted by Crippen LogP contribution is 2.43. The van der Waals surface area contributed by atoms with Crippen LogP contribution in [0.2, 0.25) is 0 Å². The van der Waals surface area contributed by atoms with Gasteiger partial charge in [-0.2, -0.15) is 18.4 Å². The third-order valence-electron chi connectivity index (χ3n) is 6.45. The van der Waals surface area contributed by atoms with Crippen molar-refractivity contribution in [3.05, 3.63) is 47.7 Å². The first-order valence-corrected chi connectivity index (χ1v) is 11.1. The normalized spacial score (nSPS) is 18.6. The minimum absolute atomic E-state index is 0.00793. The Balaban J connectivity index is 1.97. The first kappa shape index (κ1) is 24.0. The number of alkyl halides is 6. The van der Waals surface area contributed by atoms with E-state index in [2.05, 4.69) is 10.8 Å². The lowest BCUT2D eigenvalue weighted by molar-refractivity contribution is -0.274. The van der Waals surface area contributed by atoms with Gasteiger partial charge in [-0.05, 0) is 38.0 Å². The van der Waals surface area contributed by atoms with E-state index in [0.29, 0.717) is 29.4 Å². The molecule has 0 bridgehead atoms. The smallest absolute Gasteiger partial charge is 0.406 e. The van der Waals surface area contributed by atoms with Gasteiger partial charge in [0.25, 0.3) is 0 Å². The summed E-state index contributed by atoms with van der Waals surface area (Å²) in [7, 11) is 0. The first-order valence-electron chi connectivity index (χ1n) is 11.1. The molecule has 1 aromatic heterocycles. The van der Waals surface area contributed by atoms with Crippen molar-refractivity contribution in [1.29, 1.82) is 5.26 Å². The monoisotopic (exact) mass is 483 g/mol. The summed E-state index contributed by atoms with van der Waals surface area (Å²) in [6, 6.07) is 3.83. The zero-order valence-electron chi connectivity index (χ0n) is 18.4. The van der Waals surface area contributed by atoms with Gasteiger partial charge in [-0.25, -0.2) is 0 Å². The molecule has 1 aliphatic carbocycles. The Bertz CT molecular complexity index is 1160. The average molecular weight is 483 g/mol. The fraction of sp³-hybridized carbons (Fsp3) is 0.458. The van der Waals surface area contributed by atoms with Crippen LogP contribution in [0.5, 0.6) is 5.75 Å². The zero-order valence-corrected chi connectivity index (χ0v) is 18.4. The quantitative estimate of drug-likeness (QED) is 0.437. The molecule has 1 aliphatic heterocycles. The third-order valence-corrected chi connectivity index (χ3v) is 6.45. The van der Waals surface area contributed by atoms with Gasteiger partial charge in [0.05, 0.1) is 22.5 Å². The molecule has 2 aromatic rings. The van der Waals surface area contributed by atoms with Crippen LogP contribution in [0.1, 0.15) is 56.3 Å². The molecule has 1 atom stereocenters. The molecule has 1 saturated carbocycles. The molecule has 10 heteroatoms. The molecule has 4 nitrogen and oxygen atoms in total. The van der Waals surface area contributed by atoms with Gasteiger partial charge in [0.1, 0.15) is 17.9 Å². The average Bonchev–Trinajstić information content (AvgIpc) is 3.10. The van der Waals surface area contributed by atoms with E-state index in [4.69, 9.17) is 0 Å². The van der Waals surface area contributed by atoms with Crippen molar-refractivity contribution in [2.75, 3.05) is 6.54 Å². The Morgan fingerprint density at radius 1 is 1.09 bits per heavy atom. The number of nitriles is 1. The van der Waals surface area contributed by atoms with E-state index in [1.807, 2.05) is 0 Å². The summed E-state index contributed by atoms with van der Waals surface area (Å²) >= 11 is 0. The second-order valence-corrected chi connectivity index (χ2v) is 8.57. The predicted molar refractivity (Wildman–Crippen MR) is 115 cm³/mol. The predicted octanol–water partition coefficient (Wildman–Crippen LogP) is 7.08. The van der Waals surface area contributed by atoms with Gasteiger partial charge < -0.3 is 14.2 Å². The van der Waals surface area contributed by atoms with Crippen molar-refractivity contribution in [3.63, 3.8) is 0 Å². The number of fused-ring (bicyclic) bond motifs is 1. The molecule has 0 saturated heterocycles. The fourth-order valence-electron chi connectivity index (χ4n) is 4.86. The van der Waals surface area contributed by atoms with E-state index in [-0.39, 0.29) is 23.8 Å². The van der Waals surface area contributed by atoms with Gasteiger partial charge in [-0.1, -0.05) is 31.4 Å². The van der Waals surface area contributed by atoms with E-state index < -0.39 is 24.3 Å². The molecule has 0 N–H and O–H groups in total. The molecule has 0 unspecified atom stereocenters. The Labute approximate surface area is 192 Å². The number of allylic oxidation sites excluding steroid dienone is 2. The summed E-state index contributed by atoms with van der Waals surface area (Å²) in [6.07, 6.45) is -0.447. The molecule has 0 radical (unpaired) electrons. The topological polar surface area (TPSA) is 41.2 Å². The summed E-state index contributed by atoms with van der Waals surface area (Å²) in [5.41, 5.74) is 1.01. The van der Waals surface area contributed by atoms with E-state index in [0.717, 1.165) is 32.3 Å². The maximum absolute atomic E-state index is 13.7. The summed E-state index contributed by atoms with van der Waals surface area (Å²) < 4.78 is 85.6. The lowest BCUT2D eigenvalue weighted by atomic mass is 9.94. The maximum atomic E-state index is 13.7. The van der Waals surface area contributed by atoms with Crippen LogP contribution >= 0.6 is 0 Å². The van der Waals surface area contributed by atoms with Crippen LogP contribution in [-0.2, 0) is 0 Å². The van der Waals surface area contributed by atoms with Crippen LogP contribution in [0.3, 0.4) is 0 Å². The Morgan fingerprint density at radius 2 is 1.79 bits per heavy atom. The Morgan fingerprint density at radius 3 is 2.41 bits per heavy atom. The van der Waals surface area contributed by atoms with Crippen LogP contribution in [0.25, 0.3) is 16.6 Å². The molecule has 1 aromatic carbocycles. The highest BCUT2D eigenvalue weighted by atomic mass is 19.4. The number of halogens is 6. The number of hydrogen-bond donors (Lipinski definition) is 0. The molecular weight excluding hydrogens is 460 g/mol. The molecule has 4 rings (SSSR count). The summed E-state index contributed by atoms with van der Waals surface area (Å²) in [4.78, 5) is 1.18. The number of rotatable bonds is 4. The van der Waals surface area contributed by atoms with Gasteiger partial charge in [0.15, 0.2) is 0 Å². The van der Waals surface area contributed by atoms with Gasteiger partial charge in [-0.3, -0.25) is 0 Å². The van der Waals surface area contributed by atoms with E-state index in [9.17, 15) is 31.6 Å². The fourth-order valence-corrected chi connectivity index (χ4v) is 4.86. The van der Waals surface area contributed by atoms with E-state index in [1.165, 1.54) is 23.1 Å². The number of nitrogens with zero attached hydrogens (tertiary/aromatic N) is 3. The van der Waals surface area contributed by atoms with Crippen molar-refractivity contribution in [3.8, 4) is 11.8 Å². The minimum atomic E-state index is -4.90. The summed E-state index contributed by atoms with van der Waals surface area (Å²) in [5, 5.41) is 10.4. The van der Waals surface area contributed by atoms with Crippen molar-refractivity contribution < 1.29 is 31.1 Å². The Kier molecular flexibility index (Phi) is 6.32. The van der Waals surface area contributed by atoms with Gasteiger partial charge in [0.2, 0.25) is 0 Å². The molecule has 182 valence electrons. The van der Waals surface area contributed by atoms with Gasteiger partial charge in [-0.15, -0.1) is 13.2 Å². The minimum Gasteiger partial charge on any atom is -0.406 e. The highest BCUT2D eigenvalue weighted by Gasteiger charge is 2.42. The van der Waals surface area contributed by atoms with Crippen molar-refractivity contribution in [1.82, 2.24) is 9.47 Å². The van der Waals surface area contributed by atoms with Crippen LogP contribution < -0.4 is 4.74 Å². The molecule has 34 heavy (non-hydrogen) atoms. The molecule has 2 aliphatic rings. The SMILES string of the molecule is C[C@H](N1CC=CC=C1c1c(C#N)c2ccc(OC(F)(F)F)cc2n1C1CCCCC1)C(F)(F)F. The van der Waals surface area contributed by atoms with Crippen molar-refractivity contribution in [2.24, 2.45) is 0 Å². The van der Waals surface area contributed by atoms with Gasteiger partial charge in [0, 0.05) is 24.0 Å². The molecule has 2 heterocycles. The number of aromatic nitrogens is 1. The molecule has 1 fully saturated rings. The second kappa shape index (κ2) is 8.93. The summed E-state index contributed by atoms with van der Waals surface area (Å²) in [5.74, 6) is -0.441. The van der Waals surface area contributed by atoms with Crippen LogP contribution in [0.4, 0.5) is 26.3 Å². The van der Waals surface area contributed by atoms with Crippen LogP contribution in [-0.4, -0.2) is 34.6 Å². The Hall–Kier alpha value is -3.09. The maximum Gasteiger partial charge on any atom is 0.573 e. The van der Waals surface area contributed by atoms with Crippen LogP contribution in [0, 0.1) is 11.3 Å². The lowest BCUT2D eigenvalue weighted by Crippen LogP contribution is -2.43. The van der Waals surface area contributed by atoms with Crippen LogP contribution in [0.15, 0.2) is 36.4 Å². The standard InChI is InChI=1S/C24H23F6N3O/c1-15(23(25,26)27)32-12-6-5-9-20(32)22-19(14-31)18-11-10-17(34-24(28,29)30)13-21(18)33(22)16-7-3-2-4-8-16/h5-6,9-11,13,15-16H,2-4,7-8,12H2,1H3/t15-/m0/s1. The first-order chi connectivity index (χ1) is 16.0. The molecule has 0 spiro atoms. The van der Waals surface area contributed by atoms with Gasteiger partial charge >= 0.3 is 12.5 Å². The zero-order chi connectivity index (χ0) is 24.7. The third kappa shape index (κ3) is 4.61. The van der Waals surface area contributed by atoms with E-state index >= 15 is 0 Å². The second-order valence-electron chi connectivity index (χ2n) is 8.57. The largest absolute Gasteiger partial charge is 0.573 e. The molecule has 0 amide bonds.